The van der Waals surface area contributed by atoms with Crippen LogP contribution in [0.1, 0.15) is 5.56 Å². The van der Waals surface area contributed by atoms with E-state index in [-0.39, 0.29) is 30.5 Å². The molecule has 10 heteroatoms. The number of nitro groups is 1. The van der Waals surface area contributed by atoms with Crippen LogP contribution in [-0.4, -0.2) is 38.0 Å². The van der Waals surface area contributed by atoms with E-state index in [4.69, 9.17) is 0 Å². The monoisotopic (exact) mass is 456 g/mol. The van der Waals surface area contributed by atoms with E-state index in [0.717, 1.165) is 5.69 Å². The normalized spacial score (nSPS) is 10.5. The minimum Gasteiger partial charge on any atom is -0.347 e. The van der Waals surface area contributed by atoms with Gasteiger partial charge in [0, 0.05) is 35.7 Å². The van der Waals surface area contributed by atoms with E-state index in [2.05, 4.69) is 20.7 Å². The lowest BCUT2D eigenvalue weighted by atomic mass is 10.1. The van der Waals surface area contributed by atoms with Crippen LogP contribution in [-0.2, 0) is 16.0 Å². The second-order valence-electron chi connectivity index (χ2n) is 7.33. The third kappa shape index (κ3) is 5.49. The number of rotatable bonds is 8. The van der Waals surface area contributed by atoms with Crippen molar-refractivity contribution in [1.29, 1.82) is 0 Å². The maximum Gasteiger partial charge on any atom is 0.269 e. The molecule has 0 unspecified atom stereocenters. The first kappa shape index (κ1) is 22.3. The summed E-state index contributed by atoms with van der Waals surface area (Å²) in [6.07, 6.45) is 4.81. The average molecular weight is 456 g/mol. The molecule has 0 saturated carbocycles. The van der Waals surface area contributed by atoms with Crippen molar-refractivity contribution in [2.45, 2.75) is 6.42 Å². The summed E-state index contributed by atoms with van der Waals surface area (Å²) in [5, 5.41) is 20.9. The lowest BCUT2D eigenvalue weighted by Gasteiger charge is -2.07. The van der Waals surface area contributed by atoms with Gasteiger partial charge in [-0.1, -0.05) is 18.2 Å². The number of hydrogen-bond donors (Lipinski definition) is 2. The molecule has 34 heavy (non-hydrogen) atoms. The van der Waals surface area contributed by atoms with Crippen molar-refractivity contribution in [3.63, 3.8) is 0 Å². The fourth-order valence-electron chi connectivity index (χ4n) is 3.29. The van der Waals surface area contributed by atoms with Crippen molar-refractivity contribution in [3.05, 3.63) is 101 Å². The molecule has 0 atom stereocenters. The van der Waals surface area contributed by atoms with Gasteiger partial charge >= 0.3 is 0 Å². The van der Waals surface area contributed by atoms with E-state index >= 15 is 0 Å². The highest BCUT2D eigenvalue weighted by Crippen LogP contribution is 2.26. The van der Waals surface area contributed by atoms with Gasteiger partial charge in [0.05, 0.1) is 41.2 Å². The molecular formula is C24H20N6O4. The summed E-state index contributed by atoms with van der Waals surface area (Å²) < 4.78 is 1.65. The van der Waals surface area contributed by atoms with E-state index < -0.39 is 4.92 Å². The van der Waals surface area contributed by atoms with Gasteiger partial charge in [0.1, 0.15) is 0 Å². The maximum atomic E-state index is 12.6. The van der Waals surface area contributed by atoms with Gasteiger partial charge in [-0.2, -0.15) is 5.10 Å². The van der Waals surface area contributed by atoms with Crippen LogP contribution in [0.2, 0.25) is 0 Å². The van der Waals surface area contributed by atoms with E-state index in [1.54, 1.807) is 41.3 Å². The third-order valence-corrected chi connectivity index (χ3v) is 4.90. The van der Waals surface area contributed by atoms with Crippen LogP contribution < -0.4 is 10.6 Å². The van der Waals surface area contributed by atoms with Crippen LogP contribution in [0, 0.1) is 10.1 Å². The minimum absolute atomic E-state index is 0.0284. The second-order valence-corrected chi connectivity index (χ2v) is 7.33. The predicted molar refractivity (Wildman–Crippen MR) is 125 cm³/mol. The molecule has 0 aliphatic heterocycles. The van der Waals surface area contributed by atoms with Crippen LogP contribution in [0.4, 0.5) is 11.4 Å². The Labute approximate surface area is 194 Å². The van der Waals surface area contributed by atoms with Gasteiger partial charge in [0.25, 0.3) is 5.69 Å². The van der Waals surface area contributed by atoms with Gasteiger partial charge in [0.15, 0.2) is 0 Å². The maximum absolute atomic E-state index is 12.6. The van der Waals surface area contributed by atoms with Crippen LogP contribution in [0.25, 0.3) is 16.9 Å². The summed E-state index contributed by atoms with van der Waals surface area (Å²) in [6.45, 7) is -0.201. The van der Waals surface area contributed by atoms with Gasteiger partial charge in [-0.05, 0) is 36.4 Å². The molecule has 0 bridgehead atoms. The lowest BCUT2D eigenvalue weighted by Crippen LogP contribution is -2.33. The molecule has 2 aromatic carbocycles. The Bertz CT molecular complexity index is 1300. The number of carbonyl (C=O) groups excluding carboxylic acids is 2. The Balaban J connectivity index is 1.51. The first-order valence-electron chi connectivity index (χ1n) is 10.3. The number of anilines is 1. The van der Waals surface area contributed by atoms with Crippen LogP contribution >= 0.6 is 0 Å². The van der Waals surface area contributed by atoms with Crippen molar-refractivity contribution in [1.82, 2.24) is 20.1 Å². The molecule has 2 amide bonds. The molecule has 0 spiro atoms. The number of amides is 2. The molecule has 10 nitrogen and oxygen atoms in total. The lowest BCUT2D eigenvalue weighted by molar-refractivity contribution is -0.384. The number of aromatic nitrogens is 3. The number of nitrogens with zero attached hydrogens (tertiary/aromatic N) is 4. The number of benzene rings is 2. The zero-order chi connectivity index (χ0) is 23.9. The van der Waals surface area contributed by atoms with Gasteiger partial charge in [-0.15, -0.1) is 0 Å². The summed E-state index contributed by atoms with van der Waals surface area (Å²) in [5.74, 6) is -0.742. The molecule has 0 radical (unpaired) electrons. The highest BCUT2D eigenvalue weighted by atomic mass is 16.6. The van der Waals surface area contributed by atoms with Gasteiger partial charge in [0.2, 0.25) is 11.8 Å². The molecule has 4 rings (SSSR count). The molecule has 4 aromatic rings. The second kappa shape index (κ2) is 10.2. The molecule has 0 saturated heterocycles. The fourth-order valence-corrected chi connectivity index (χ4v) is 3.29. The molecule has 0 aliphatic carbocycles. The van der Waals surface area contributed by atoms with E-state index in [0.29, 0.717) is 22.5 Å². The number of pyridine rings is 1. The summed E-state index contributed by atoms with van der Waals surface area (Å²) in [4.78, 5) is 39.2. The standard InChI is InChI=1S/C24H20N6O4/c31-22(26-15-23(32)27-19-5-4-12-25-14-19)13-18-16-29(20-6-2-1-3-7-20)28-24(18)17-8-10-21(11-9-17)30(33)34/h1-12,14,16H,13,15H2,(H,26,31)(H,27,32). The molecular weight excluding hydrogens is 436 g/mol. The minimum atomic E-state index is -0.475. The number of para-hydroxylation sites is 1. The molecule has 2 heterocycles. The Hall–Kier alpha value is -4.86. The van der Waals surface area contributed by atoms with E-state index in [1.165, 1.54) is 18.3 Å². The van der Waals surface area contributed by atoms with Crippen molar-refractivity contribution in [2.75, 3.05) is 11.9 Å². The topological polar surface area (TPSA) is 132 Å². The van der Waals surface area contributed by atoms with E-state index in [1.807, 2.05) is 30.3 Å². The molecule has 0 aliphatic rings. The zero-order valence-corrected chi connectivity index (χ0v) is 17.9. The summed E-state index contributed by atoms with van der Waals surface area (Å²) >= 11 is 0. The van der Waals surface area contributed by atoms with Crippen LogP contribution in [0.5, 0.6) is 0 Å². The highest BCUT2D eigenvalue weighted by Gasteiger charge is 2.17. The Morgan fingerprint density at radius 2 is 1.74 bits per heavy atom. The smallest absolute Gasteiger partial charge is 0.269 e. The molecule has 2 N–H and O–H groups in total. The largest absolute Gasteiger partial charge is 0.347 e. The average Bonchev–Trinajstić information content (AvgIpc) is 3.27. The Morgan fingerprint density at radius 3 is 2.41 bits per heavy atom. The SMILES string of the molecule is O=C(Cc1cn(-c2ccccc2)nc1-c1ccc([N+](=O)[O-])cc1)NCC(=O)Nc1cccnc1. The van der Waals surface area contributed by atoms with Crippen LogP contribution in [0.15, 0.2) is 85.3 Å². The number of carbonyl (C=O) groups is 2. The Morgan fingerprint density at radius 1 is 0.971 bits per heavy atom. The third-order valence-electron chi connectivity index (χ3n) is 4.90. The molecule has 170 valence electrons. The van der Waals surface area contributed by atoms with E-state index in [9.17, 15) is 19.7 Å². The first-order valence-corrected chi connectivity index (χ1v) is 10.3. The predicted octanol–water partition coefficient (Wildman–Crippen LogP) is 3.14. The van der Waals surface area contributed by atoms with Gasteiger partial charge in [-0.25, -0.2) is 4.68 Å². The summed E-state index contributed by atoms with van der Waals surface area (Å²) in [5.41, 5.74) is 3.07. The van der Waals surface area contributed by atoms with Crippen molar-refractivity contribution in [2.24, 2.45) is 0 Å². The van der Waals surface area contributed by atoms with Crippen molar-refractivity contribution >= 4 is 23.2 Å². The number of nitrogens with one attached hydrogen (secondary N) is 2. The van der Waals surface area contributed by atoms with Crippen molar-refractivity contribution < 1.29 is 14.5 Å². The quantitative estimate of drug-likeness (QED) is 0.309. The zero-order valence-electron chi connectivity index (χ0n) is 17.9. The highest BCUT2D eigenvalue weighted by molar-refractivity contribution is 5.94. The molecule has 2 aromatic heterocycles. The van der Waals surface area contributed by atoms with Gasteiger partial charge in [-0.3, -0.25) is 24.7 Å². The van der Waals surface area contributed by atoms with Crippen molar-refractivity contribution in [3.8, 4) is 16.9 Å². The van der Waals surface area contributed by atoms with Gasteiger partial charge < -0.3 is 10.6 Å². The summed E-state index contributed by atoms with van der Waals surface area (Å²) in [6, 6.07) is 18.7. The summed E-state index contributed by atoms with van der Waals surface area (Å²) in [7, 11) is 0. The fraction of sp³-hybridized carbons (Fsp3) is 0.0833. The Kier molecular flexibility index (Phi) is 6.68. The number of hydrogen-bond acceptors (Lipinski definition) is 6. The number of non-ortho nitro benzene ring substituents is 1. The van der Waals surface area contributed by atoms with Crippen LogP contribution in [0.3, 0.4) is 0 Å². The first-order chi connectivity index (χ1) is 16.5. The number of nitro benzene ring substituents is 1. The molecule has 0 fully saturated rings.